The summed E-state index contributed by atoms with van der Waals surface area (Å²) in [5.74, 6) is -1.30. The minimum Gasteiger partial charge on any atom is -0.461 e. The minimum atomic E-state index is -0.672. The Morgan fingerprint density at radius 1 is 1.45 bits per heavy atom. The van der Waals surface area contributed by atoms with Gasteiger partial charge < -0.3 is 9.73 Å². The third-order valence-corrected chi connectivity index (χ3v) is 2.88. The highest BCUT2D eigenvalue weighted by molar-refractivity contribution is 6.42. The standard InChI is InChI=1S/C14H17N3O3/c1-9-7-11(3)17(16-9)8-10(2)15-14(19)13(18)12-5-4-6-20-12/h4-7,10H,8H2,1-3H3,(H,15,19)/t10-/m0/s1. The lowest BCUT2D eigenvalue weighted by Gasteiger charge is -2.14. The van der Waals surface area contributed by atoms with E-state index in [1.807, 2.05) is 26.8 Å². The molecular formula is C14H17N3O3. The molecule has 0 saturated carbocycles. The van der Waals surface area contributed by atoms with Crippen molar-refractivity contribution in [2.75, 3.05) is 0 Å². The number of aromatic nitrogens is 2. The summed E-state index contributed by atoms with van der Waals surface area (Å²) >= 11 is 0. The molecule has 0 fully saturated rings. The Balaban J connectivity index is 1.94. The number of carbonyl (C=O) groups is 2. The summed E-state index contributed by atoms with van der Waals surface area (Å²) in [6.07, 6.45) is 1.36. The predicted octanol–water partition coefficient (Wildman–Crippen LogP) is 1.48. The van der Waals surface area contributed by atoms with Gasteiger partial charge in [0.25, 0.3) is 11.7 Å². The molecule has 0 aliphatic rings. The van der Waals surface area contributed by atoms with Gasteiger partial charge in [0.2, 0.25) is 0 Å². The van der Waals surface area contributed by atoms with Crippen LogP contribution in [0.4, 0.5) is 0 Å². The number of nitrogens with zero attached hydrogens (tertiary/aromatic N) is 2. The first-order valence-electron chi connectivity index (χ1n) is 6.37. The van der Waals surface area contributed by atoms with Gasteiger partial charge in [-0.1, -0.05) is 0 Å². The van der Waals surface area contributed by atoms with Gasteiger partial charge in [0.1, 0.15) is 0 Å². The Kier molecular flexibility index (Phi) is 4.02. The Hall–Kier alpha value is -2.37. The summed E-state index contributed by atoms with van der Waals surface area (Å²) in [5.41, 5.74) is 1.94. The van der Waals surface area contributed by atoms with E-state index in [9.17, 15) is 9.59 Å². The molecule has 0 bridgehead atoms. The fraction of sp³-hybridized carbons (Fsp3) is 0.357. The second kappa shape index (κ2) is 5.73. The first-order valence-corrected chi connectivity index (χ1v) is 6.37. The van der Waals surface area contributed by atoms with Gasteiger partial charge in [-0.2, -0.15) is 5.10 Å². The molecule has 20 heavy (non-hydrogen) atoms. The molecule has 1 atom stereocenters. The Morgan fingerprint density at radius 2 is 2.20 bits per heavy atom. The van der Waals surface area contributed by atoms with Crippen molar-refractivity contribution in [3.8, 4) is 0 Å². The summed E-state index contributed by atoms with van der Waals surface area (Å²) in [4.78, 5) is 23.5. The van der Waals surface area contributed by atoms with Gasteiger partial charge in [0.15, 0.2) is 5.76 Å². The van der Waals surface area contributed by atoms with E-state index >= 15 is 0 Å². The van der Waals surface area contributed by atoms with E-state index < -0.39 is 11.7 Å². The zero-order valence-corrected chi connectivity index (χ0v) is 11.7. The van der Waals surface area contributed by atoms with Crippen LogP contribution in [0.15, 0.2) is 28.9 Å². The molecule has 106 valence electrons. The number of aryl methyl sites for hydroxylation is 2. The van der Waals surface area contributed by atoms with Gasteiger partial charge in [-0.05, 0) is 39.0 Å². The van der Waals surface area contributed by atoms with Gasteiger partial charge in [0, 0.05) is 11.7 Å². The third kappa shape index (κ3) is 3.14. The number of rotatable bonds is 5. The van der Waals surface area contributed by atoms with Crippen LogP contribution in [-0.2, 0) is 11.3 Å². The maximum absolute atomic E-state index is 11.8. The number of hydrogen-bond acceptors (Lipinski definition) is 4. The molecule has 0 unspecified atom stereocenters. The number of amides is 1. The van der Waals surface area contributed by atoms with E-state index in [4.69, 9.17) is 4.42 Å². The van der Waals surface area contributed by atoms with Crippen molar-refractivity contribution in [1.82, 2.24) is 15.1 Å². The zero-order valence-electron chi connectivity index (χ0n) is 11.7. The summed E-state index contributed by atoms with van der Waals surface area (Å²) in [6, 6.07) is 4.79. The SMILES string of the molecule is Cc1cc(C)n(C[C@H](C)NC(=O)C(=O)c2ccco2)n1. The molecular weight excluding hydrogens is 258 g/mol. The van der Waals surface area contributed by atoms with Crippen LogP contribution in [-0.4, -0.2) is 27.5 Å². The maximum atomic E-state index is 11.8. The van der Waals surface area contributed by atoms with Crippen molar-refractivity contribution in [1.29, 1.82) is 0 Å². The second-order valence-electron chi connectivity index (χ2n) is 4.79. The van der Waals surface area contributed by atoms with E-state index in [-0.39, 0.29) is 11.8 Å². The van der Waals surface area contributed by atoms with Crippen molar-refractivity contribution >= 4 is 11.7 Å². The molecule has 0 spiro atoms. The lowest BCUT2D eigenvalue weighted by Crippen LogP contribution is -2.40. The average molecular weight is 275 g/mol. The molecule has 1 N–H and O–H groups in total. The van der Waals surface area contributed by atoms with Crippen LogP contribution in [0.1, 0.15) is 28.9 Å². The van der Waals surface area contributed by atoms with E-state index in [1.54, 1.807) is 10.7 Å². The maximum Gasteiger partial charge on any atom is 0.296 e. The number of Topliss-reactive ketones (excluding diaryl/α,β-unsaturated/α-hetero) is 1. The fourth-order valence-corrected chi connectivity index (χ4v) is 1.97. The summed E-state index contributed by atoms with van der Waals surface area (Å²) in [6.45, 7) is 6.19. The highest BCUT2D eigenvalue weighted by Gasteiger charge is 2.20. The molecule has 0 saturated heterocycles. The minimum absolute atomic E-state index is 0.0424. The largest absolute Gasteiger partial charge is 0.461 e. The average Bonchev–Trinajstić information content (AvgIpc) is 2.99. The lowest BCUT2D eigenvalue weighted by atomic mass is 10.2. The van der Waals surface area contributed by atoms with Gasteiger partial charge >= 0.3 is 0 Å². The second-order valence-corrected chi connectivity index (χ2v) is 4.79. The van der Waals surface area contributed by atoms with E-state index in [0.29, 0.717) is 6.54 Å². The van der Waals surface area contributed by atoms with E-state index in [2.05, 4.69) is 10.4 Å². The van der Waals surface area contributed by atoms with Crippen molar-refractivity contribution in [3.05, 3.63) is 41.6 Å². The molecule has 2 aromatic heterocycles. The summed E-state index contributed by atoms with van der Waals surface area (Å²) in [7, 11) is 0. The number of carbonyl (C=O) groups excluding carboxylic acids is 2. The number of ketones is 1. The normalized spacial score (nSPS) is 12.2. The molecule has 0 aliphatic heterocycles. The van der Waals surface area contributed by atoms with Crippen LogP contribution in [0.2, 0.25) is 0 Å². The fourth-order valence-electron chi connectivity index (χ4n) is 1.97. The first kappa shape index (κ1) is 14.0. The third-order valence-electron chi connectivity index (χ3n) is 2.88. The van der Waals surface area contributed by atoms with Crippen molar-refractivity contribution in [2.24, 2.45) is 0 Å². The predicted molar refractivity (Wildman–Crippen MR) is 72.3 cm³/mol. The molecule has 0 aromatic carbocycles. The first-order chi connectivity index (χ1) is 9.47. The van der Waals surface area contributed by atoms with Crippen LogP contribution in [0.5, 0.6) is 0 Å². The number of nitrogens with one attached hydrogen (secondary N) is 1. The van der Waals surface area contributed by atoms with Crippen molar-refractivity contribution in [3.63, 3.8) is 0 Å². The van der Waals surface area contributed by atoms with Crippen LogP contribution in [0, 0.1) is 13.8 Å². The Morgan fingerprint density at radius 3 is 2.75 bits per heavy atom. The van der Waals surface area contributed by atoms with E-state index in [1.165, 1.54) is 12.3 Å². The van der Waals surface area contributed by atoms with E-state index in [0.717, 1.165) is 11.4 Å². The Labute approximate surface area is 116 Å². The van der Waals surface area contributed by atoms with Crippen LogP contribution < -0.4 is 5.32 Å². The number of hydrogen-bond donors (Lipinski definition) is 1. The number of furan rings is 1. The molecule has 1 amide bonds. The molecule has 2 heterocycles. The van der Waals surface area contributed by atoms with Crippen molar-refractivity contribution < 1.29 is 14.0 Å². The zero-order chi connectivity index (χ0) is 14.7. The van der Waals surface area contributed by atoms with Crippen LogP contribution in [0.3, 0.4) is 0 Å². The quantitative estimate of drug-likeness (QED) is 0.662. The highest BCUT2D eigenvalue weighted by atomic mass is 16.3. The van der Waals surface area contributed by atoms with Crippen LogP contribution in [0.25, 0.3) is 0 Å². The van der Waals surface area contributed by atoms with Gasteiger partial charge in [-0.25, -0.2) is 0 Å². The molecule has 0 radical (unpaired) electrons. The van der Waals surface area contributed by atoms with Gasteiger partial charge in [-0.15, -0.1) is 0 Å². The molecule has 2 rings (SSSR count). The molecule has 0 aliphatic carbocycles. The highest BCUT2D eigenvalue weighted by Crippen LogP contribution is 2.04. The van der Waals surface area contributed by atoms with Crippen LogP contribution >= 0.6 is 0 Å². The van der Waals surface area contributed by atoms with Gasteiger partial charge in [0.05, 0.1) is 18.5 Å². The molecule has 6 heteroatoms. The topological polar surface area (TPSA) is 77.1 Å². The monoisotopic (exact) mass is 275 g/mol. The molecule has 6 nitrogen and oxygen atoms in total. The Bertz CT molecular complexity index is 614. The summed E-state index contributed by atoms with van der Waals surface area (Å²) < 4.78 is 6.71. The summed E-state index contributed by atoms with van der Waals surface area (Å²) in [5, 5.41) is 6.96. The smallest absolute Gasteiger partial charge is 0.296 e. The van der Waals surface area contributed by atoms with Crippen molar-refractivity contribution in [2.45, 2.75) is 33.4 Å². The molecule has 2 aromatic rings. The van der Waals surface area contributed by atoms with Gasteiger partial charge in [-0.3, -0.25) is 14.3 Å². The lowest BCUT2D eigenvalue weighted by molar-refractivity contribution is -0.117.